The molecule has 1 unspecified atom stereocenters. The van der Waals surface area contributed by atoms with Gasteiger partial charge in [-0.25, -0.2) is 0 Å². The zero-order valence-electron chi connectivity index (χ0n) is 20.3. The van der Waals surface area contributed by atoms with Gasteiger partial charge >= 0.3 is 0 Å². The van der Waals surface area contributed by atoms with Gasteiger partial charge in [-0.2, -0.15) is 0 Å². The summed E-state index contributed by atoms with van der Waals surface area (Å²) in [5, 5.41) is 13.6. The van der Waals surface area contributed by atoms with Crippen LogP contribution in [0.2, 0.25) is 0 Å². The van der Waals surface area contributed by atoms with E-state index < -0.39 is 5.60 Å². The summed E-state index contributed by atoms with van der Waals surface area (Å²) in [5.74, 6) is -0.123. The van der Waals surface area contributed by atoms with Crippen molar-refractivity contribution >= 4 is 5.91 Å². The number of allylic oxidation sites excluding steroid dienone is 9. The molecule has 0 saturated heterocycles. The van der Waals surface area contributed by atoms with Gasteiger partial charge < -0.3 is 10.4 Å². The maximum atomic E-state index is 12.0. The summed E-state index contributed by atoms with van der Waals surface area (Å²) < 4.78 is 0. The number of hydrogen-bond donors (Lipinski definition) is 2. The lowest BCUT2D eigenvalue weighted by atomic mass is 9.91. The summed E-state index contributed by atoms with van der Waals surface area (Å²) in [7, 11) is 0. The third kappa shape index (κ3) is 19.8. The average molecular weight is 430 g/mol. The van der Waals surface area contributed by atoms with E-state index in [2.05, 4.69) is 50.4 Å². The van der Waals surface area contributed by atoms with Crippen LogP contribution in [0, 0.1) is 0 Å². The Morgan fingerprint density at radius 1 is 0.710 bits per heavy atom. The molecule has 0 aliphatic carbocycles. The molecule has 0 rings (SSSR count). The highest BCUT2D eigenvalue weighted by atomic mass is 16.3. The van der Waals surface area contributed by atoms with Crippen molar-refractivity contribution in [1.82, 2.24) is 5.32 Å². The number of carbonyl (C=O) groups excluding carboxylic acids is 1. The summed E-state index contributed by atoms with van der Waals surface area (Å²) >= 11 is 0. The highest BCUT2D eigenvalue weighted by Crippen LogP contribution is 2.20. The van der Waals surface area contributed by atoms with Crippen molar-refractivity contribution in [2.24, 2.45) is 0 Å². The molecule has 0 spiro atoms. The molecule has 1 atom stereocenters. The largest absolute Gasteiger partial charge is 0.388 e. The van der Waals surface area contributed by atoms with Crippen LogP contribution in [0.15, 0.2) is 60.8 Å². The van der Waals surface area contributed by atoms with Crippen molar-refractivity contribution in [3.05, 3.63) is 60.8 Å². The Hall–Kier alpha value is -1.87. The first kappa shape index (κ1) is 29.1. The minimum atomic E-state index is -0.776. The number of amides is 1. The fourth-order valence-corrected chi connectivity index (χ4v) is 3.28. The zero-order valence-corrected chi connectivity index (χ0v) is 20.3. The van der Waals surface area contributed by atoms with E-state index in [0.717, 1.165) is 57.8 Å². The lowest BCUT2D eigenvalue weighted by Gasteiger charge is -2.28. The Balaban J connectivity index is 3.99. The van der Waals surface area contributed by atoms with Crippen LogP contribution in [0.25, 0.3) is 0 Å². The van der Waals surface area contributed by atoms with Crippen molar-refractivity contribution in [1.29, 1.82) is 0 Å². The number of rotatable bonds is 19. The molecule has 0 saturated carbocycles. The average Bonchev–Trinajstić information content (AvgIpc) is 2.75. The summed E-state index contributed by atoms with van der Waals surface area (Å²) in [6, 6.07) is 0. The first-order valence-electron chi connectivity index (χ1n) is 12.4. The van der Waals surface area contributed by atoms with Gasteiger partial charge in [0.1, 0.15) is 0 Å². The predicted molar refractivity (Wildman–Crippen MR) is 136 cm³/mol. The summed E-state index contributed by atoms with van der Waals surface area (Å²) in [6.07, 6.45) is 32.4. The molecule has 0 aromatic heterocycles. The fourth-order valence-electron chi connectivity index (χ4n) is 3.28. The smallest absolute Gasteiger partial charge is 0.243 e. The van der Waals surface area contributed by atoms with Gasteiger partial charge in [0.15, 0.2) is 0 Å². The molecule has 31 heavy (non-hydrogen) atoms. The van der Waals surface area contributed by atoms with Crippen LogP contribution < -0.4 is 5.32 Å². The second kappa shape index (κ2) is 21.4. The highest BCUT2D eigenvalue weighted by molar-refractivity contribution is 5.87. The van der Waals surface area contributed by atoms with E-state index in [0.29, 0.717) is 6.54 Å². The van der Waals surface area contributed by atoms with E-state index in [-0.39, 0.29) is 5.91 Å². The van der Waals surface area contributed by atoms with Crippen molar-refractivity contribution in [2.75, 3.05) is 6.54 Å². The molecule has 0 aromatic carbocycles. The lowest BCUT2D eigenvalue weighted by molar-refractivity contribution is -0.118. The Bertz CT molecular complexity index is 572. The molecular formula is C28H47NO2. The molecule has 1 amide bonds. The molecule has 176 valence electrons. The molecular weight excluding hydrogens is 382 g/mol. The van der Waals surface area contributed by atoms with Crippen LogP contribution in [0.5, 0.6) is 0 Å². The molecule has 0 radical (unpaired) electrons. The van der Waals surface area contributed by atoms with Crippen LogP contribution in [-0.4, -0.2) is 23.2 Å². The van der Waals surface area contributed by atoms with E-state index >= 15 is 0 Å². The second-order valence-corrected chi connectivity index (χ2v) is 8.25. The van der Waals surface area contributed by atoms with Crippen molar-refractivity contribution in [3.63, 3.8) is 0 Å². The Kier molecular flexibility index (Phi) is 20.1. The highest BCUT2D eigenvalue weighted by Gasteiger charge is 2.25. The van der Waals surface area contributed by atoms with Gasteiger partial charge in [-0.05, 0) is 44.6 Å². The molecule has 3 heteroatoms. The molecule has 0 aromatic rings. The summed E-state index contributed by atoms with van der Waals surface area (Å²) in [5.41, 5.74) is -0.776. The molecule has 0 bridgehead atoms. The van der Waals surface area contributed by atoms with Gasteiger partial charge in [0.05, 0.1) is 5.60 Å². The molecule has 0 fully saturated rings. The normalized spacial score (nSPS) is 14.6. The molecule has 0 aliphatic heterocycles. The van der Waals surface area contributed by atoms with Crippen LogP contribution >= 0.6 is 0 Å². The van der Waals surface area contributed by atoms with E-state index in [1.54, 1.807) is 6.08 Å². The van der Waals surface area contributed by atoms with E-state index in [1.165, 1.54) is 19.3 Å². The second-order valence-electron chi connectivity index (χ2n) is 8.25. The van der Waals surface area contributed by atoms with Crippen molar-refractivity contribution < 1.29 is 9.90 Å². The molecule has 0 aliphatic rings. The first-order chi connectivity index (χ1) is 15.1. The first-order valence-corrected chi connectivity index (χ1v) is 12.4. The maximum Gasteiger partial charge on any atom is 0.243 e. The van der Waals surface area contributed by atoms with E-state index in [9.17, 15) is 9.90 Å². The Morgan fingerprint density at radius 3 is 1.94 bits per heavy atom. The van der Waals surface area contributed by atoms with Gasteiger partial charge in [0.25, 0.3) is 0 Å². The minimum absolute atomic E-state index is 0.123. The van der Waals surface area contributed by atoms with E-state index in [1.807, 2.05) is 30.4 Å². The van der Waals surface area contributed by atoms with Crippen LogP contribution in [0.4, 0.5) is 0 Å². The number of aliphatic hydroxyl groups is 1. The molecule has 3 nitrogen and oxygen atoms in total. The third-order valence-corrected chi connectivity index (χ3v) is 5.12. The van der Waals surface area contributed by atoms with Crippen LogP contribution in [0.1, 0.15) is 97.8 Å². The van der Waals surface area contributed by atoms with Crippen LogP contribution in [-0.2, 0) is 4.79 Å². The van der Waals surface area contributed by atoms with Crippen molar-refractivity contribution in [2.45, 2.75) is 103 Å². The monoisotopic (exact) mass is 429 g/mol. The van der Waals surface area contributed by atoms with Crippen molar-refractivity contribution in [3.8, 4) is 0 Å². The van der Waals surface area contributed by atoms with Crippen LogP contribution in [0.3, 0.4) is 0 Å². The lowest BCUT2D eigenvalue weighted by Crippen LogP contribution is -2.42. The minimum Gasteiger partial charge on any atom is -0.388 e. The van der Waals surface area contributed by atoms with Gasteiger partial charge in [-0.1, -0.05) is 114 Å². The van der Waals surface area contributed by atoms with E-state index in [4.69, 9.17) is 0 Å². The summed E-state index contributed by atoms with van der Waals surface area (Å²) in [4.78, 5) is 12.0. The maximum absolute atomic E-state index is 12.0. The zero-order chi connectivity index (χ0) is 23.0. The number of unbranched alkanes of at least 4 members (excludes halogenated alkanes) is 6. The third-order valence-electron chi connectivity index (χ3n) is 5.12. The number of carbonyl (C=O) groups is 1. The van der Waals surface area contributed by atoms with Gasteiger partial charge in [0, 0.05) is 6.54 Å². The summed E-state index contributed by atoms with van der Waals surface area (Å²) in [6.45, 7) is 6.78. The predicted octanol–water partition coefficient (Wildman–Crippen LogP) is 7.36. The van der Waals surface area contributed by atoms with Gasteiger partial charge in [-0.15, -0.1) is 0 Å². The standard InChI is InChI=1S/C28H47NO2/c1-4-7-9-10-11-12-13-14-15-16-17-18-19-20-21-23-27(30)29-26-28(31,24-6-3)25-22-8-5-2/h11-18,21,23,31H,4-10,19-20,22,24-26H2,1-3H3,(H,29,30). The van der Waals surface area contributed by atoms with Gasteiger partial charge in [-0.3, -0.25) is 4.79 Å². The number of nitrogens with one attached hydrogen (secondary N) is 1. The Labute approximate surface area is 192 Å². The fraction of sp³-hybridized carbons (Fsp3) is 0.607. The topological polar surface area (TPSA) is 49.3 Å². The van der Waals surface area contributed by atoms with Gasteiger partial charge in [0.2, 0.25) is 5.91 Å². The Morgan fingerprint density at radius 2 is 1.29 bits per heavy atom. The molecule has 2 N–H and O–H groups in total. The molecule has 0 heterocycles. The SMILES string of the molecule is CCCCCC=CC=CC=CC=CCCC=CC(=O)NCC(O)(CCC)CCCCC. The quantitative estimate of drug-likeness (QED) is 0.128. The number of hydrogen-bond acceptors (Lipinski definition) is 2.